The van der Waals surface area contributed by atoms with E-state index < -0.39 is 42.7 Å². The van der Waals surface area contributed by atoms with E-state index in [0.29, 0.717) is 12.2 Å². The second-order valence-electron chi connectivity index (χ2n) is 8.12. The summed E-state index contributed by atoms with van der Waals surface area (Å²) in [6.45, 7) is 0.324. The molecule has 2 aliphatic rings. The van der Waals surface area contributed by atoms with Gasteiger partial charge in [-0.05, 0) is 17.7 Å². The van der Waals surface area contributed by atoms with E-state index in [0.717, 1.165) is 12.4 Å². The number of aromatic nitrogens is 2. The summed E-state index contributed by atoms with van der Waals surface area (Å²) in [6, 6.07) is 3.80. The third-order valence-corrected chi connectivity index (χ3v) is 6.00. The van der Waals surface area contributed by atoms with Gasteiger partial charge < -0.3 is 19.9 Å². The first-order valence-corrected chi connectivity index (χ1v) is 10.4. The molecule has 0 aliphatic carbocycles. The van der Waals surface area contributed by atoms with E-state index in [-0.39, 0.29) is 42.1 Å². The predicted molar refractivity (Wildman–Crippen MR) is 111 cm³/mol. The molecule has 0 saturated carbocycles. The van der Waals surface area contributed by atoms with Crippen LogP contribution in [0.1, 0.15) is 28.5 Å². The Morgan fingerprint density at radius 2 is 2.09 bits per heavy atom. The highest BCUT2D eigenvalue weighted by Crippen LogP contribution is 2.45. The van der Waals surface area contributed by atoms with Gasteiger partial charge in [-0.25, -0.2) is 28.1 Å². The van der Waals surface area contributed by atoms with Crippen LogP contribution in [0.5, 0.6) is 5.88 Å². The average molecular weight is 464 g/mol. The Balaban J connectivity index is 1.66. The third-order valence-electron chi connectivity index (χ3n) is 6.00. The summed E-state index contributed by atoms with van der Waals surface area (Å²) in [5.41, 5.74) is 4.65. The number of carbonyl (C=O) groups excluding carboxylic acids is 1. The molecular weight excluding hydrogens is 441 g/mol. The minimum absolute atomic E-state index is 0.0213. The normalized spacial score (nSPS) is 26.7. The maximum Gasteiger partial charge on any atom is 0.283 e. The fourth-order valence-corrected chi connectivity index (χ4v) is 4.36. The van der Waals surface area contributed by atoms with Crippen molar-refractivity contribution < 1.29 is 32.2 Å². The number of fused-ring (bicyclic) bond motifs is 1. The van der Waals surface area contributed by atoms with Crippen molar-refractivity contribution in [3.63, 3.8) is 0 Å². The molecule has 2 aliphatic heterocycles. The Bertz CT molecular complexity index is 1050. The molecule has 176 valence electrons. The van der Waals surface area contributed by atoms with Crippen molar-refractivity contribution >= 4 is 11.8 Å². The summed E-state index contributed by atoms with van der Waals surface area (Å²) < 4.78 is 57.7. The number of nitrogens with two attached hydrogens (primary N) is 1. The first-order chi connectivity index (χ1) is 15.9. The highest BCUT2D eigenvalue weighted by atomic mass is 19.1. The van der Waals surface area contributed by atoms with Crippen LogP contribution in [-0.2, 0) is 21.4 Å². The number of ketones is 1. The summed E-state index contributed by atoms with van der Waals surface area (Å²) in [6.07, 6.45) is 1.65. The summed E-state index contributed by atoms with van der Waals surface area (Å²) in [4.78, 5) is 24.6. The summed E-state index contributed by atoms with van der Waals surface area (Å²) in [5.74, 6) is -1.85. The molecule has 1 saturated heterocycles. The monoisotopic (exact) mass is 464 g/mol. The van der Waals surface area contributed by atoms with E-state index in [9.17, 15) is 13.6 Å². The average Bonchev–Trinajstić information content (AvgIpc) is 2.81. The topological polar surface area (TPSA) is 109 Å². The SMILES string of the molecule is C[C@H]1COC[C@H]2[C@@H]1OC(N)=N[C@]2(CF)c1cc(CC(=O)c2cnc(OCF)cn2)ccc1F. The van der Waals surface area contributed by atoms with Crippen molar-refractivity contribution in [1.29, 1.82) is 0 Å². The maximum absolute atomic E-state index is 15.0. The summed E-state index contributed by atoms with van der Waals surface area (Å²) in [5, 5.41) is 0. The van der Waals surface area contributed by atoms with Crippen molar-refractivity contribution in [1.82, 2.24) is 9.97 Å². The molecular formula is C22H23F3N4O4. The number of Topliss-reactive ketones (excluding diaryl/α,β-unsaturated/α-hetero) is 1. The van der Waals surface area contributed by atoms with Crippen LogP contribution in [0.25, 0.3) is 0 Å². The fourth-order valence-electron chi connectivity index (χ4n) is 4.36. The highest BCUT2D eigenvalue weighted by Gasteiger charge is 2.53. The van der Waals surface area contributed by atoms with Gasteiger partial charge in [0.2, 0.25) is 12.7 Å². The van der Waals surface area contributed by atoms with Gasteiger partial charge in [0, 0.05) is 17.9 Å². The Labute approximate surface area is 188 Å². The van der Waals surface area contributed by atoms with Gasteiger partial charge in [0.05, 0.1) is 31.5 Å². The van der Waals surface area contributed by atoms with E-state index in [1.54, 1.807) is 0 Å². The molecule has 1 aromatic heterocycles. The molecule has 4 rings (SSSR count). The quantitative estimate of drug-likeness (QED) is 0.627. The number of benzene rings is 1. The number of alkyl halides is 2. The van der Waals surface area contributed by atoms with Crippen LogP contribution in [0.2, 0.25) is 0 Å². The highest BCUT2D eigenvalue weighted by molar-refractivity contribution is 5.95. The molecule has 1 aromatic carbocycles. The summed E-state index contributed by atoms with van der Waals surface area (Å²) in [7, 11) is 0. The molecule has 0 amide bonds. The van der Waals surface area contributed by atoms with Gasteiger partial charge >= 0.3 is 0 Å². The lowest BCUT2D eigenvalue weighted by Gasteiger charge is -2.47. The van der Waals surface area contributed by atoms with E-state index in [2.05, 4.69) is 19.7 Å². The zero-order valence-corrected chi connectivity index (χ0v) is 17.8. The zero-order chi connectivity index (χ0) is 23.6. The van der Waals surface area contributed by atoms with E-state index >= 15 is 4.39 Å². The van der Waals surface area contributed by atoms with Gasteiger partial charge in [-0.15, -0.1) is 0 Å². The van der Waals surface area contributed by atoms with Crippen LogP contribution in [0, 0.1) is 17.7 Å². The van der Waals surface area contributed by atoms with Crippen LogP contribution >= 0.6 is 0 Å². The number of aliphatic imine (C=N–C) groups is 1. The van der Waals surface area contributed by atoms with Crippen LogP contribution in [-0.4, -0.2) is 54.6 Å². The van der Waals surface area contributed by atoms with E-state index in [1.807, 2.05) is 6.92 Å². The number of hydrogen-bond donors (Lipinski definition) is 1. The van der Waals surface area contributed by atoms with Gasteiger partial charge in [0.25, 0.3) is 6.02 Å². The predicted octanol–water partition coefficient (Wildman–Crippen LogP) is 2.51. The van der Waals surface area contributed by atoms with E-state index in [1.165, 1.54) is 18.2 Å². The number of ether oxygens (including phenoxy) is 3. The Morgan fingerprint density at radius 1 is 1.27 bits per heavy atom. The Kier molecular flexibility index (Phi) is 6.50. The van der Waals surface area contributed by atoms with Crippen LogP contribution in [0.3, 0.4) is 0 Å². The molecule has 33 heavy (non-hydrogen) atoms. The van der Waals surface area contributed by atoms with Crippen molar-refractivity contribution in [2.24, 2.45) is 22.6 Å². The molecule has 8 nitrogen and oxygen atoms in total. The molecule has 3 heterocycles. The fraction of sp³-hybridized carbons (Fsp3) is 0.455. The second kappa shape index (κ2) is 9.34. The lowest BCUT2D eigenvalue weighted by atomic mass is 9.71. The molecule has 0 unspecified atom stereocenters. The third kappa shape index (κ3) is 4.37. The molecule has 11 heteroatoms. The molecule has 0 bridgehead atoms. The number of rotatable bonds is 7. The number of hydrogen-bond acceptors (Lipinski definition) is 8. The largest absolute Gasteiger partial charge is 0.461 e. The molecule has 1 fully saturated rings. The van der Waals surface area contributed by atoms with Gasteiger partial charge in [-0.1, -0.05) is 13.0 Å². The number of nitrogens with zero attached hydrogens (tertiary/aromatic N) is 3. The Hall–Kier alpha value is -3.21. The molecule has 4 atom stereocenters. The number of amidine groups is 1. The van der Waals surface area contributed by atoms with Crippen LogP contribution in [0.4, 0.5) is 13.2 Å². The van der Waals surface area contributed by atoms with Crippen LogP contribution in [0.15, 0.2) is 35.6 Å². The van der Waals surface area contributed by atoms with Crippen molar-refractivity contribution in [3.05, 3.63) is 53.2 Å². The number of carbonyl (C=O) groups is 1. The molecule has 0 spiro atoms. The first kappa shape index (κ1) is 23.0. The smallest absolute Gasteiger partial charge is 0.283 e. The lowest BCUT2D eigenvalue weighted by Crippen LogP contribution is -2.57. The Morgan fingerprint density at radius 3 is 2.79 bits per heavy atom. The molecule has 2 N–H and O–H groups in total. The van der Waals surface area contributed by atoms with Gasteiger partial charge in [-0.3, -0.25) is 4.79 Å². The van der Waals surface area contributed by atoms with Gasteiger partial charge in [-0.2, -0.15) is 0 Å². The van der Waals surface area contributed by atoms with Crippen molar-refractivity contribution in [2.75, 3.05) is 26.7 Å². The van der Waals surface area contributed by atoms with Gasteiger partial charge in [0.15, 0.2) is 5.78 Å². The van der Waals surface area contributed by atoms with Crippen molar-refractivity contribution in [3.8, 4) is 5.88 Å². The lowest BCUT2D eigenvalue weighted by molar-refractivity contribution is -0.109. The maximum atomic E-state index is 15.0. The standard InChI is InChI=1S/C22H23F3N4O4/c1-12-8-31-9-15-20(12)33-21(26)29-22(15,10-23)14-4-13(2-3-16(14)25)5-18(30)17-6-28-19(7-27-17)32-11-24/h2-4,6-7,12,15,20H,5,8-11H2,1H3,(H2,26,29)/t12-,15-,20+,22+/m0/s1. The second-order valence-corrected chi connectivity index (χ2v) is 8.12. The van der Waals surface area contributed by atoms with Gasteiger partial charge in [0.1, 0.15) is 29.8 Å². The first-order valence-electron chi connectivity index (χ1n) is 10.4. The van der Waals surface area contributed by atoms with E-state index in [4.69, 9.17) is 15.2 Å². The zero-order valence-electron chi connectivity index (χ0n) is 17.8. The molecule has 0 radical (unpaired) electrons. The molecule has 2 aromatic rings. The van der Waals surface area contributed by atoms with Crippen molar-refractivity contribution in [2.45, 2.75) is 25.0 Å². The van der Waals surface area contributed by atoms with Crippen LogP contribution < -0.4 is 10.5 Å². The summed E-state index contributed by atoms with van der Waals surface area (Å²) >= 11 is 0. The minimum Gasteiger partial charge on any atom is -0.461 e. The number of halogens is 3. The minimum atomic E-state index is -1.64.